The van der Waals surface area contributed by atoms with Gasteiger partial charge in [0.05, 0.1) is 25.4 Å². The number of hydrogen-bond acceptors (Lipinski definition) is 7. The number of carbonyl (C=O) groups excluding carboxylic acids is 2. The van der Waals surface area contributed by atoms with Crippen molar-refractivity contribution in [3.05, 3.63) is 96.3 Å². The van der Waals surface area contributed by atoms with Crippen LogP contribution in [0.5, 0.6) is 5.75 Å². The fraction of sp³-hybridized carbons (Fsp3) is 0.185. The smallest absolute Gasteiger partial charge is 0.251 e. The zero-order chi connectivity index (χ0) is 25.8. The van der Waals surface area contributed by atoms with Crippen LogP contribution in [0.2, 0.25) is 0 Å². The van der Waals surface area contributed by atoms with E-state index in [0.29, 0.717) is 39.8 Å². The molecular formula is C27H25N5O5. The van der Waals surface area contributed by atoms with E-state index in [1.807, 2.05) is 24.3 Å². The molecule has 5 aromatic rings. The Morgan fingerprint density at radius 1 is 1.05 bits per heavy atom. The molecule has 3 aromatic heterocycles. The van der Waals surface area contributed by atoms with E-state index in [1.165, 1.54) is 15.8 Å². The number of nitrogens with one attached hydrogen (secondary N) is 1. The van der Waals surface area contributed by atoms with Gasteiger partial charge in [-0.15, -0.1) is 5.10 Å². The van der Waals surface area contributed by atoms with Gasteiger partial charge in [-0.2, -0.15) is 0 Å². The van der Waals surface area contributed by atoms with Crippen molar-refractivity contribution in [2.45, 2.75) is 26.1 Å². The first-order valence-electron chi connectivity index (χ1n) is 11.6. The van der Waals surface area contributed by atoms with Crippen molar-refractivity contribution < 1.29 is 23.2 Å². The lowest BCUT2D eigenvalue weighted by Gasteiger charge is -2.30. The van der Waals surface area contributed by atoms with Gasteiger partial charge in [0, 0.05) is 5.69 Å². The Bertz CT molecular complexity index is 1500. The highest BCUT2D eigenvalue weighted by molar-refractivity contribution is 6.01. The second kappa shape index (κ2) is 10.4. The number of rotatable bonds is 9. The standard InChI is InChI=1S/C27H25N5O5/c1-18-9-14-24(37-18)26(27(34)28-16-21-6-5-15-36-21)32(19-10-12-20(35-2)13-11-19)25(33)17-31-23-8-4-3-7-22(23)29-30-31/h3-15,26H,16-17H2,1-2H3,(H,28,34)/t26-/m1/s1. The third-order valence-electron chi connectivity index (χ3n) is 5.88. The zero-order valence-electron chi connectivity index (χ0n) is 20.3. The highest BCUT2D eigenvalue weighted by Crippen LogP contribution is 2.31. The molecule has 0 unspecified atom stereocenters. The number of anilines is 1. The van der Waals surface area contributed by atoms with Crippen LogP contribution in [-0.2, 0) is 22.7 Å². The predicted octanol–water partition coefficient (Wildman–Crippen LogP) is 4.03. The topological polar surface area (TPSA) is 116 Å². The summed E-state index contributed by atoms with van der Waals surface area (Å²) in [6.07, 6.45) is 1.53. The molecule has 2 amide bonds. The molecule has 1 N–H and O–H groups in total. The second-order valence-electron chi connectivity index (χ2n) is 8.35. The third kappa shape index (κ3) is 5.08. The van der Waals surface area contributed by atoms with Gasteiger partial charge in [-0.05, 0) is 67.6 Å². The number of furan rings is 2. The van der Waals surface area contributed by atoms with Gasteiger partial charge < -0.3 is 18.9 Å². The normalized spacial score (nSPS) is 11.8. The van der Waals surface area contributed by atoms with Gasteiger partial charge in [0.2, 0.25) is 5.91 Å². The Morgan fingerprint density at radius 3 is 2.57 bits per heavy atom. The van der Waals surface area contributed by atoms with E-state index in [-0.39, 0.29) is 19.0 Å². The molecule has 0 spiro atoms. The number of hydrogen-bond donors (Lipinski definition) is 1. The van der Waals surface area contributed by atoms with Gasteiger partial charge in [0.25, 0.3) is 5.91 Å². The number of para-hydroxylation sites is 1. The van der Waals surface area contributed by atoms with E-state index in [4.69, 9.17) is 13.6 Å². The average Bonchev–Trinajstić information content (AvgIpc) is 3.68. The number of amides is 2. The van der Waals surface area contributed by atoms with Gasteiger partial charge in [-0.3, -0.25) is 14.5 Å². The molecule has 188 valence electrons. The van der Waals surface area contributed by atoms with Gasteiger partial charge in [0.15, 0.2) is 6.04 Å². The van der Waals surface area contributed by atoms with Crippen molar-refractivity contribution in [2.75, 3.05) is 12.0 Å². The molecule has 0 aliphatic carbocycles. The first kappa shape index (κ1) is 23.9. The van der Waals surface area contributed by atoms with Crippen LogP contribution in [0.25, 0.3) is 11.0 Å². The summed E-state index contributed by atoms with van der Waals surface area (Å²) in [4.78, 5) is 29.0. The number of carbonyl (C=O) groups is 2. The maximum atomic E-state index is 13.9. The molecule has 2 aromatic carbocycles. The summed E-state index contributed by atoms with van der Waals surface area (Å²) in [5.74, 6) is 1.32. The summed E-state index contributed by atoms with van der Waals surface area (Å²) in [7, 11) is 1.56. The van der Waals surface area contributed by atoms with Gasteiger partial charge in [0.1, 0.15) is 35.1 Å². The number of methoxy groups -OCH3 is 1. The SMILES string of the molecule is COc1ccc(N(C(=O)Cn2nnc3ccccc32)[C@@H](C(=O)NCc2ccco2)c2ccc(C)o2)cc1. The first-order chi connectivity index (χ1) is 18.0. The van der Waals surface area contributed by atoms with Crippen molar-refractivity contribution in [3.63, 3.8) is 0 Å². The van der Waals surface area contributed by atoms with E-state index < -0.39 is 11.9 Å². The van der Waals surface area contributed by atoms with E-state index in [2.05, 4.69) is 15.6 Å². The third-order valence-corrected chi connectivity index (χ3v) is 5.88. The van der Waals surface area contributed by atoms with Crippen LogP contribution in [-0.4, -0.2) is 33.9 Å². The number of ether oxygens (including phenoxy) is 1. The monoisotopic (exact) mass is 499 g/mol. The molecular weight excluding hydrogens is 474 g/mol. The Labute approximate surface area is 212 Å². The van der Waals surface area contributed by atoms with Crippen LogP contribution in [0, 0.1) is 6.92 Å². The minimum absolute atomic E-state index is 0.145. The molecule has 5 rings (SSSR count). The van der Waals surface area contributed by atoms with E-state index >= 15 is 0 Å². The Balaban J connectivity index is 1.54. The number of aromatic nitrogens is 3. The Morgan fingerprint density at radius 2 is 1.86 bits per heavy atom. The quantitative estimate of drug-likeness (QED) is 0.326. The fourth-order valence-electron chi connectivity index (χ4n) is 4.08. The van der Waals surface area contributed by atoms with Crippen molar-refractivity contribution in [1.29, 1.82) is 0 Å². The molecule has 0 saturated heterocycles. The van der Waals surface area contributed by atoms with Crippen LogP contribution >= 0.6 is 0 Å². The molecule has 0 radical (unpaired) electrons. The van der Waals surface area contributed by atoms with Crippen molar-refractivity contribution in [3.8, 4) is 5.75 Å². The van der Waals surface area contributed by atoms with Crippen LogP contribution < -0.4 is 15.0 Å². The van der Waals surface area contributed by atoms with E-state index in [1.54, 1.807) is 62.6 Å². The lowest BCUT2D eigenvalue weighted by atomic mass is 10.1. The number of benzene rings is 2. The van der Waals surface area contributed by atoms with Crippen LogP contribution in [0.1, 0.15) is 23.3 Å². The highest BCUT2D eigenvalue weighted by atomic mass is 16.5. The van der Waals surface area contributed by atoms with Gasteiger partial charge in [-0.25, -0.2) is 4.68 Å². The summed E-state index contributed by atoms with van der Waals surface area (Å²) in [6.45, 7) is 1.79. The molecule has 10 heteroatoms. The van der Waals surface area contributed by atoms with Crippen LogP contribution in [0.4, 0.5) is 5.69 Å². The summed E-state index contributed by atoms with van der Waals surface area (Å²) >= 11 is 0. The lowest BCUT2D eigenvalue weighted by Crippen LogP contribution is -2.45. The number of nitrogens with zero attached hydrogens (tertiary/aromatic N) is 4. The minimum Gasteiger partial charge on any atom is -0.497 e. The van der Waals surface area contributed by atoms with Crippen LogP contribution in [0.15, 0.2) is 87.9 Å². The Kier molecular flexibility index (Phi) is 6.71. The largest absolute Gasteiger partial charge is 0.497 e. The molecule has 10 nitrogen and oxygen atoms in total. The molecule has 37 heavy (non-hydrogen) atoms. The summed E-state index contributed by atoms with van der Waals surface area (Å²) < 4.78 is 18.0. The maximum Gasteiger partial charge on any atom is 0.251 e. The summed E-state index contributed by atoms with van der Waals surface area (Å²) in [5.41, 5.74) is 1.86. The molecule has 0 aliphatic heterocycles. The fourth-order valence-corrected chi connectivity index (χ4v) is 4.08. The van der Waals surface area contributed by atoms with E-state index in [9.17, 15) is 9.59 Å². The second-order valence-corrected chi connectivity index (χ2v) is 8.35. The molecule has 0 aliphatic rings. The van der Waals surface area contributed by atoms with Gasteiger partial charge in [-0.1, -0.05) is 17.3 Å². The lowest BCUT2D eigenvalue weighted by molar-refractivity contribution is -0.127. The maximum absolute atomic E-state index is 13.9. The van der Waals surface area contributed by atoms with E-state index in [0.717, 1.165) is 0 Å². The highest BCUT2D eigenvalue weighted by Gasteiger charge is 2.35. The van der Waals surface area contributed by atoms with Crippen LogP contribution in [0.3, 0.4) is 0 Å². The summed E-state index contributed by atoms with van der Waals surface area (Å²) in [5, 5.41) is 11.2. The first-order valence-corrected chi connectivity index (χ1v) is 11.6. The van der Waals surface area contributed by atoms with Crippen molar-refractivity contribution in [2.24, 2.45) is 0 Å². The van der Waals surface area contributed by atoms with Gasteiger partial charge >= 0.3 is 0 Å². The van der Waals surface area contributed by atoms with Crippen molar-refractivity contribution >= 4 is 28.5 Å². The minimum atomic E-state index is -1.10. The molecule has 0 fully saturated rings. The predicted molar refractivity (Wildman–Crippen MR) is 135 cm³/mol. The molecule has 1 atom stereocenters. The van der Waals surface area contributed by atoms with Crippen molar-refractivity contribution in [1.82, 2.24) is 20.3 Å². The molecule has 3 heterocycles. The molecule has 0 bridgehead atoms. The number of aryl methyl sites for hydroxylation is 1. The number of fused-ring (bicyclic) bond motifs is 1. The summed E-state index contributed by atoms with van der Waals surface area (Å²) in [6, 6.07) is 20.1. The molecule has 0 saturated carbocycles. The zero-order valence-corrected chi connectivity index (χ0v) is 20.3. The average molecular weight is 500 g/mol. The Hall–Kier alpha value is -4.86.